The molecule has 2 nitrogen and oxygen atoms in total. The first kappa shape index (κ1) is 11.4. The monoisotopic (exact) mass is 279 g/mol. The van der Waals surface area contributed by atoms with Gasteiger partial charge in [0.25, 0.3) is 0 Å². The lowest BCUT2D eigenvalue weighted by Crippen LogP contribution is -2.29. The van der Waals surface area contributed by atoms with Crippen LogP contribution in [-0.2, 0) is 0 Å². The minimum atomic E-state index is -0.230. The maximum Gasteiger partial charge on any atom is 0.146 e. The fourth-order valence-corrected chi connectivity index (χ4v) is 1.60. The minimum absolute atomic E-state index is 0.230. The second-order valence-corrected chi connectivity index (χ2v) is 4.89. The van der Waals surface area contributed by atoms with Gasteiger partial charge >= 0.3 is 0 Å². The molecule has 0 bridgehead atoms. The van der Waals surface area contributed by atoms with Gasteiger partial charge in [0.15, 0.2) is 0 Å². The number of hydrogen-bond acceptors (Lipinski definition) is 2. The molecular weight excluding hydrogens is 266 g/mol. The number of fused-ring (bicyclic) bond motifs is 1. The summed E-state index contributed by atoms with van der Waals surface area (Å²) in [6.07, 6.45) is 1.79. The highest BCUT2D eigenvalue weighted by molar-refractivity contribution is 9.09. The van der Waals surface area contributed by atoms with Crippen LogP contribution in [0.25, 0.3) is 10.9 Å². The number of alkyl halides is 1. The van der Waals surface area contributed by atoms with Crippen LogP contribution in [0.2, 0.25) is 0 Å². The molecule has 0 fully saturated rings. The van der Waals surface area contributed by atoms with Gasteiger partial charge in [-0.05, 0) is 26.0 Å². The van der Waals surface area contributed by atoms with E-state index in [1.165, 1.54) is 0 Å². The van der Waals surface area contributed by atoms with E-state index < -0.39 is 0 Å². The van der Waals surface area contributed by atoms with Gasteiger partial charge < -0.3 is 4.74 Å². The molecule has 0 atom stereocenters. The molecule has 0 amide bonds. The Bertz CT molecular complexity index is 491. The summed E-state index contributed by atoms with van der Waals surface area (Å²) in [5.74, 6) is 0.836. The molecule has 0 saturated carbocycles. The van der Waals surface area contributed by atoms with Crippen LogP contribution >= 0.6 is 15.9 Å². The second kappa shape index (κ2) is 4.42. The SMILES string of the molecule is CC(C)(CBr)Oc1cccc2cccnc12. The van der Waals surface area contributed by atoms with E-state index in [0.29, 0.717) is 0 Å². The van der Waals surface area contributed by atoms with Crippen molar-refractivity contribution >= 4 is 26.8 Å². The van der Waals surface area contributed by atoms with E-state index in [2.05, 4.69) is 20.9 Å². The first-order valence-electron chi connectivity index (χ1n) is 5.21. The van der Waals surface area contributed by atoms with Crippen molar-refractivity contribution < 1.29 is 4.74 Å². The van der Waals surface area contributed by atoms with Crippen LogP contribution in [0, 0.1) is 0 Å². The molecule has 0 unspecified atom stereocenters. The van der Waals surface area contributed by atoms with Crippen LogP contribution in [0.3, 0.4) is 0 Å². The zero-order valence-corrected chi connectivity index (χ0v) is 11.0. The third kappa shape index (κ3) is 2.35. The smallest absolute Gasteiger partial charge is 0.146 e. The summed E-state index contributed by atoms with van der Waals surface area (Å²) in [7, 11) is 0. The molecule has 3 heteroatoms. The van der Waals surface area contributed by atoms with Gasteiger partial charge in [0.2, 0.25) is 0 Å². The third-order valence-corrected chi connectivity index (χ3v) is 3.65. The lowest BCUT2D eigenvalue weighted by molar-refractivity contribution is 0.139. The van der Waals surface area contributed by atoms with Crippen LogP contribution in [-0.4, -0.2) is 15.9 Å². The van der Waals surface area contributed by atoms with E-state index >= 15 is 0 Å². The van der Waals surface area contributed by atoms with E-state index in [1.54, 1.807) is 6.20 Å². The number of pyridine rings is 1. The van der Waals surface area contributed by atoms with E-state index in [-0.39, 0.29) is 5.60 Å². The molecule has 1 aromatic heterocycles. The number of para-hydroxylation sites is 1. The summed E-state index contributed by atoms with van der Waals surface area (Å²) < 4.78 is 5.95. The first-order valence-corrected chi connectivity index (χ1v) is 6.33. The highest BCUT2D eigenvalue weighted by atomic mass is 79.9. The molecule has 0 aliphatic rings. The highest BCUT2D eigenvalue weighted by Crippen LogP contribution is 2.27. The molecule has 0 aliphatic carbocycles. The first-order chi connectivity index (χ1) is 7.62. The van der Waals surface area contributed by atoms with E-state index in [4.69, 9.17) is 4.74 Å². The van der Waals surface area contributed by atoms with Crippen molar-refractivity contribution in [3.05, 3.63) is 36.5 Å². The Kier molecular flexibility index (Phi) is 3.15. The topological polar surface area (TPSA) is 22.1 Å². The molecule has 84 valence electrons. The number of rotatable bonds is 3. The Labute approximate surface area is 104 Å². The Morgan fingerprint density at radius 1 is 1.25 bits per heavy atom. The van der Waals surface area contributed by atoms with Crippen molar-refractivity contribution in [1.82, 2.24) is 4.98 Å². The molecule has 0 saturated heterocycles. The van der Waals surface area contributed by atoms with Crippen molar-refractivity contribution in [1.29, 1.82) is 0 Å². The minimum Gasteiger partial charge on any atom is -0.485 e. The Balaban J connectivity index is 2.45. The van der Waals surface area contributed by atoms with Gasteiger partial charge in [0.1, 0.15) is 16.9 Å². The summed E-state index contributed by atoms with van der Waals surface area (Å²) in [5.41, 5.74) is 0.685. The third-order valence-electron chi connectivity index (χ3n) is 2.30. The fraction of sp³-hybridized carbons (Fsp3) is 0.308. The largest absolute Gasteiger partial charge is 0.485 e. The van der Waals surface area contributed by atoms with Crippen LogP contribution in [0.5, 0.6) is 5.75 Å². The number of benzene rings is 1. The summed E-state index contributed by atoms with van der Waals surface area (Å²) in [4.78, 5) is 4.36. The number of aromatic nitrogens is 1. The van der Waals surface area contributed by atoms with Gasteiger partial charge in [-0.1, -0.05) is 34.1 Å². The molecule has 0 spiro atoms. The lowest BCUT2D eigenvalue weighted by atomic mass is 10.1. The number of nitrogens with zero attached hydrogens (tertiary/aromatic N) is 1. The van der Waals surface area contributed by atoms with E-state index in [1.807, 2.05) is 44.2 Å². The Morgan fingerprint density at radius 2 is 2.00 bits per heavy atom. The van der Waals surface area contributed by atoms with Gasteiger partial charge in [0.05, 0.1) is 0 Å². The zero-order valence-electron chi connectivity index (χ0n) is 9.40. The quantitative estimate of drug-likeness (QED) is 0.798. The molecule has 1 aromatic carbocycles. The molecule has 0 aliphatic heterocycles. The predicted octanol–water partition coefficient (Wildman–Crippen LogP) is 3.79. The van der Waals surface area contributed by atoms with Gasteiger partial charge in [0, 0.05) is 16.9 Å². The maximum absolute atomic E-state index is 5.95. The summed E-state index contributed by atoms with van der Waals surface area (Å²) >= 11 is 3.45. The van der Waals surface area contributed by atoms with Gasteiger partial charge in [-0.25, -0.2) is 0 Å². The summed E-state index contributed by atoms with van der Waals surface area (Å²) in [5, 5.41) is 1.88. The van der Waals surface area contributed by atoms with Crippen LogP contribution in [0.4, 0.5) is 0 Å². The van der Waals surface area contributed by atoms with E-state index in [0.717, 1.165) is 22.0 Å². The van der Waals surface area contributed by atoms with Crippen molar-refractivity contribution in [2.24, 2.45) is 0 Å². The molecule has 0 N–H and O–H groups in total. The lowest BCUT2D eigenvalue weighted by Gasteiger charge is -2.24. The average molecular weight is 280 g/mol. The van der Waals surface area contributed by atoms with Crippen LogP contribution in [0.1, 0.15) is 13.8 Å². The number of ether oxygens (including phenoxy) is 1. The van der Waals surface area contributed by atoms with Gasteiger partial charge in [-0.3, -0.25) is 4.98 Å². The normalized spacial score (nSPS) is 11.7. The highest BCUT2D eigenvalue weighted by Gasteiger charge is 2.19. The summed E-state index contributed by atoms with van der Waals surface area (Å²) in [6.45, 7) is 4.09. The van der Waals surface area contributed by atoms with Crippen molar-refractivity contribution in [2.45, 2.75) is 19.4 Å². The average Bonchev–Trinajstić information content (AvgIpc) is 2.29. The van der Waals surface area contributed by atoms with Crippen LogP contribution < -0.4 is 4.74 Å². The molecule has 2 rings (SSSR count). The maximum atomic E-state index is 5.95. The molecule has 16 heavy (non-hydrogen) atoms. The van der Waals surface area contributed by atoms with E-state index in [9.17, 15) is 0 Å². The van der Waals surface area contributed by atoms with Gasteiger partial charge in [-0.15, -0.1) is 0 Å². The molecule has 0 radical (unpaired) electrons. The molecule has 2 aromatic rings. The second-order valence-electron chi connectivity index (χ2n) is 4.33. The standard InChI is InChI=1S/C13H14BrNO/c1-13(2,9-14)16-11-7-3-5-10-6-4-8-15-12(10)11/h3-8H,9H2,1-2H3. The van der Waals surface area contributed by atoms with Crippen molar-refractivity contribution in [3.63, 3.8) is 0 Å². The fourth-order valence-electron chi connectivity index (χ4n) is 1.48. The Morgan fingerprint density at radius 3 is 2.75 bits per heavy atom. The van der Waals surface area contributed by atoms with Crippen LogP contribution in [0.15, 0.2) is 36.5 Å². The molecule has 1 heterocycles. The zero-order chi connectivity index (χ0) is 11.6. The van der Waals surface area contributed by atoms with Crippen molar-refractivity contribution in [3.8, 4) is 5.75 Å². The number of halogens is 1. The Hall–Kier alpha value is -1.09. The molecular formula is C13H14BrNO. The van der Waals surface area contributed by atoms with Gasteiger partial charge in [-0.2, -0.15) is 0 Å². The van der Waals surface area contributed by atoms with Crippen molar-refractivity contribution in [2.75, 3.05) is 5.33 Å². The number of hydrogen-bond donors (Lipinski definition) is 0. The summed E-state index contributed by atoms with van der Waals surface area (Å²) in [6, 6.07) is 9.96. The predicted molar refractivity (Wildman–Crippen MR) is 70.2 cm³/mol.